The van der Waals surface area contributed by atoms with E-state index in [-0.39, 0.29) is 12.1 Å². The van der Waals surface area contributed by atoms with Gasteiger partial charge in [0.25, 0.3) is 0 Å². The van der Waals surface area contributed by atoms with Gasteiger partial charge in [-0.2, -0.15) is 0 Å². The van der Waals surface area contributed by atoms with Gasteiger partial charge in [-0.3, -0.25) is 0 Å². The second-order valence-electron chi connectivity index (χ2n) is 4.95. The molecule has 0 bridgehead atoms. The van der Waals surface area contributed by atoms with Gasteiger partial charge in [0.1, 0.15) is 0 Å². The molecular formula is C18H15NO2. The quantitative estimate of drug-likeness (QED) is 0.734. The maximum atomic E-state index is 11.1. The summed E-state index contributed by atoms with van der Waals surface area (Å²) >= 11 is 0. The van der Waals surface area contributed by atoms with Crippen LogP contribution in [0.3, 0.4) is 0 Å². The van der Waals surface area contributed by atoms with Crippen LogP contribution in [0.15, 0.2) is 72.8 Å². The van der Waals surface area contributed by atoms with E-state index in [2.05, 4.69) is 12.6 Å². The fraction of sp³-hybridized carbons (Fsp3) is 0.0556. The fourth-order valence-electron chi connectivity index (χ4n) is 2.49. The highest BCUT2D eigenvalue weighted by Crippen LogP contribution is 2.28. The minimum absolute atomic E-state index is 0.175. The predicted octanol–water partition coefficient (Wildman–Crippen LogP) is 3.95. The number of carbonyl (C=O) groups is 1. The Morgan fingerprint density at radius 1 is 1.05 bits per heavy atom. The van der Waals surface area contributed by atoms with E-state index in [1.165, 1.54) is 0 Å². The molecule has 0 aliphatic carbocycles. The highest BCUT2D eigenvalue weighted by atomic mass is 16.4. The molecule has 0 fully saturated rings. The first kappa shape index (κ1) is 13.2. The zero-order chi connectivity index (χ0) is 14.8. The minimum atomic E-state index is -0.966. The number of hydrogen-bond donors (Lipinski definition) is 1. The predicted molar refractivity (Wildman–Crippen MR) is 84.1 cm³/mol. The van der Waals surface area contributed by atoms with Crippen molar-refractivity contribution in [3.05, 3.63) is 72.8 Å². The number of nitrogens with zero attached hydrogens (tertiary/aromatic N) is 1. The van der Waals surface area contributed by atoms with Crippen molar-refractivity contribution in [1.29, 1.82) is 0 Å². The first-order chi connectivity index (χ1) is 10.2. The Morgan fingerprint density at radius 3 is 2.43 bits per heavy atom. The maximum absolute atomic E-state index is 11.1. The molecule has 0 atom stereocenters. The number of fused-ring (bicyclic) bond motifs is 1. The molecule has 1 N–H and O–H groups in total. The molecule has 0 amide bonds. The molecule has 0 radical (unpaired) electrons. The molecule has 1 aromatic heterocycles. The highest BCUT2D eigenvalue weighted by Gasteiger charge is 2.13. The zero-order valence-electron chi connectivity index (χ0n) is 11.5. The molecule has 3 heteroatoms. The van der Waals surface area contributed by atoms with Crippen LogP contribution < -0.4 is 0 Å². The van der Waals surface area contributed by atoms with Crippen LogP contribution in [-0.2, 0) is 11.3 Å². The van der Waals surface area contributed by atoms with Gasteiger partial charge >= 0.3 is 5.97 Å². The lowest BCUT2D eigenvalue weighted by Gasteiger charge is -2.11. The van der Waals surface area contributed by atoms with E-state index < -0.39 is 5.97 Å². The summed E-state index contributed by atoms with van der Waals surface area (Å²) in [6, 6.07) is 20.0. The van der Waals surface area contributed by atoms with Gasteiger partial charge in [-0.1, -0.05) is 55.1 Å². The summed E-state index contributed by atoms with van der Waals surface area (Å²) in [5.74, 6) is -0.966. The summed E-state index contributed by atoms with van der Waals surface area (Å²) in [6.07, 6.45) is 0. The third kappa shape index (κ3) is 2.46. The van der Waals surface area contributed by atoms with E-state index in [4.69, 9.17) is 5.11 Å². The van der Waals surface area contributed by atoms with Crippen LogP contribution in [0, 0.1) is 0 Å². The lowest BCUT2D eigenvalue weighted by Crippen LogP contribution is -2.09. The summed E-state index contributed by atoms with van der Waals surface area (Å²) in [4.78, 5) is 11.1. The van der Waals surface area contributed by atoms with Crippen LogP contribution in [0.4, 0.5) is 0 Å². The van der Waals surface area contributed by atoms with Crippen molar-refractivity contribution in [2.75, 3.05) is 0 Å². The van der Waals surface area contributed by atoms with Crippen LogP contribution in [0.2, 0.25) is 0 Å². The third-order valence-corrected chi connectivity index (χ3v) is 3.53. The summed E-state index contributed by atoms with van der Waals surface area (Å²) in [7, 11) is 0. The largest absolute Gasteiger partial charge is 0.478 e. The second-order valence-corrected chi connectivity index (χ2v) is 4.95. The number of para-hydroxylation sites is 1. The summed E-state index contributed by atoms with van der Waals surface area (Å²) in [5.41, 5.74) is 3.25. The van der Waals surface area contributed by atoms with E-state index in [0.717, 1.165) is 22.2 Å². The average Bonchev–Trinajstić information content (AvgIpc) is 2.87. The Hall–Kier alpha value is -2.81. The van der Waals surface area contributed by atoms with Gasteiger partial charge in [0.2, 0.25) is 0 Å². The first-order valence-electron chi connectivity index (χ1n) is 6.71. The molecule has 3 rings (SSSR count). The zero-order valence-corrected chi connectivity index (χ0v) is 11.5. The first-order valence-corrected chi connectivity index (χ1v) is 6.71. The summed E-state index contributed by atoms with van der Waals surface area (Å²) in [6.45, 7) is 3.92. The smallest absolute Gasteiger partial charge is 0.332 e. The highest BCUT2D eigenvalue weighted by molar-refractivity contribution is 5.89. The molecule has 3 aromatic rings. The van der Waals surface area contributed by atoms with Crippen LogP contribution in [-0.4, -0.2) is 15.6 Å². The van der Waals surface area contributed by atoms with Gasteiger partial charge in [0.05, 0.1) is 6.54 Å². The normalized spacial score (nSPS) is 10.7. The molecule has 0 saturated heterocycles. The number of aromatic nitrogens is 1. The molecule has 21 heavy (non-hydrogen) atoms. The Labute approximate surface area is 122 Å². The SMILES string of the molecule is C=C(Cn1c(-c2ccccc2)cc2ccccc21)C(=O)O. The Balaban J connectivity index is 2.19. The topological polar surface area (TPSA) is 42.2 Å². The molecule has 3 nitrogen and oxygen atoms in total. The van der Waals surface area contributed by atoms with Gasteiger partial charge in [-0.15, -0.1) is 0 Å². The van der Waals surface area contributed by atoms with Gasteiger partial charge in [-0.05, 0) is 17.7 Å². The van der Waals surface area contributed by atoms with Crippen molar-refractivity contribution >= 4 is 16.9 Å². The van der Waals surface area contributed by atoms with Crippen molar-refractivity contribution in [1.82, 2.24) is 4.57 Å². The van der Waals surface area contributed by atoms with Gasteiger partial charge in [0.15, 0.2) is 0 Å². The Kier molecular flexibility index (Phi) is 3.32. The van der Waals surface area contributed by atoms with E-state index in [1.807, 2.05) is 59.2 Å². The van der Waals surface area contributed by atoms with Crippen molar-refractivity contribution in [3.8, 4) is 11.3 Å². The van der Waals surface area contributed by atoms with Gasteiger partial charge in [-0.25, -0.2) is 4.79 Å². The van der Waals surface area contributed by atoms with E-state index >= 15 is 0 Å². The lowest BCUT2D eigenvalue weighted by molar-refractivity contribution is -0.132. The van der Waals surface area contributed by atoms with Crippen LogP contribution in [0.1, 0.15) is 0 Å². The average molecular weight is 277 g/mol. The molecule has 0 spiro atoms. The number of rotatable bonds is 4. The molecule has 0 unspecified atom stereocenters. The number of carboxylic acids is 1. The molecular weight excluding hydrogens is 262 g/mol. The van der Waals surface area contributed by atoms with E-state index in [0.29, 0.717) is 0 Å². The Morgan fingerprint density at radius 2 is 1.71 bits per heavy atom. The van der Waals surface area contributed by atoms with E-state index in [9.17, 15) is 4.79 Å². The van der Waals surface area contributed by atoms with Crippen molar-refractivity contribution in [3.63, 3.8) is 0 Å². The monoisotopic (exact) mass is 277 g/mol. The van der Waals surface area contributed by atoms with Gasteiger partial charge < -0.3 is 9.67 Å². The van der Waals surface area contributed by atoms with Crippen molar-refractivity contribution < 1.29 is 9.90 Å². The number of carboxylic acid groups (broad SMARTS) is 1. The number of benzene rings is 2. The van der Waals surface area contributed by atoms with Crippen LogP contribution in [0.5, 0.6) is 0 Å². The second kappa shape index (κ2) is 5.29. The molecule has 104 valence electrons. The van der Waals surface area contributed by atoms with Gasteiger partial charge in [0, 0.05) is 22.2 Å². The molecule has 0 saturated carbocycles. The lowest BCUT2D eigenvalue weighted by atomic mass is 10.1. The third-order valence-electron chi connectivity index (χ3n) is 3.53. The fourth-order valence-corrected chi connectivity index (χ4v) is 2.49. The number of aliphatic carboxylic acids is 1. The number of hydrogen-bond acceptors (Lipinski definition) is 1. The van der Waals surface area contributed by atoms with Crippen molar-refractivity contribution in [2.45, 2.75) is 6.54 Å². The summed E-state index contributed by atoms with van der Waals surface area (Å²) in [5, 5.41) is 10.2. The van der Waals surface area contributed by atoms with Crippen LogP contribution >= 0.6 is 0 Å². The van der Waals surface area contributed by atoms with Crippen molar-refractivity contribution in [2.24, 2.45) is 0 Å². The maximum Gasteiger partial charge on any atom is 0.332 e. The molecule has 0 aliphatic heterocycles. The molecule has 2 aromatic carbocycles. The van der Waals surface area contributed by atoms with Crippen LogP contribution in [0.25, 0.3) is 22.2 Å². The summed E-state index contributed by atoms with van der Waals surface area (Å²) < 4.78 is 2.00. The molecule has 1 heterocycles. The Bertz CT molecular complexity index is 816. The standard InChI is InChI=1S/C18H15NO2/c1-13(18(20)21)12-19-16-10-6-5-9-15(16)11-17(19)14-7-3-2-4-8-14/h2-11H,1,12H2,(H,20,21). The minimum Gasteiger partial charge on any atom is -0.478 e. The molecule has 0 aliphatic rings. The van der Waals surface area contributed by atoms with E-state index in [1.54, 1.807) is 0 Å².